The molecule has 0 heterocycles. The SMILES string of the molecule is C=CCOC(=O)C(c1cc(Cl)cc(C)c1NC=O)C(C)C(=O)O.CNCCC(C)(F)F. The molecule has 7 nitrogen and oxygen atoms in total. The Labute approximate surface area is 185 Å². The number of alkyl halides is 2. The second kappa shape index (κ2) is 13.7. The zero-order valence-corrected chi connectivity index (χ0v) is 18.8. The van der Waals surface area contributed by atoms with Gasteiger partial charge in [-0.05, 0) is 44.2 Å². The topological polar surface area (TPSA) is 105 Å². The van der Waals surface area contributed by atoms with Crippen LogP contribution in [0.4, 0.5) is 14.5 Å². The maximum atomic E-state index is 12.3. The number of anilines is 1. The predicted octanol–water partition coefficient (Wildman–Crippen LogP) is 4.00. The number of nitrogens with one attached hydrogen (secondary N) is 2. The summed E-state index contributed by atoms with van der Waals surface area (Å²) in [7, 11) is 1.66. The van der Waals surface area contributed by atoms with Crippen LogP contribution in [0.3, 0.4) is 0 Å². The number of aryl methyl sites for hydroxylation is 1. The Bertz CT molecular complexity index is 769. The van der Waals surface area contributed by atoms with Gasteiger partial charge in [-0.1, -0.05) is 31.2 Å². The van der Waals surface area contributed by atoms with Crippen molar-refractivity contribution in [1.29, 1.82) is 0 Å². The van der Waals surface area contributed by atoms with E-state index in [-0.39, 0.29) is 13.0 Å². The van der Waals surface area contributed by atoms with Crippen LogP contribution in [0.25, 0.3) is 0 Å². The minimum Gasteiger partial charge on any atom is -0.481 e. The quantitative estimate of drug-likeness (QED) is 0.261. The standard InChI is InChI=1S/C16H18ClNO5.C5H11F2N/c1-4-5-23-16(22)13(10(3)15(20)21)12-7-11(17)6-9(2)14(12)18-8-19;1-5(6,7)3-4-8-2/h4,6-8,10,13H,1,5H2,2-3H3,(H,18,19)(H,20,21);8H,3-4H2,1-2H3. The van der Waals surface area contributed by atoms with Crippen molar-refractivity contribution in [2.45, 2.75) is 39.0 Å². The van der Waals surface area contributed by atoms with Gasteiger partial charge >= 0.3 is 11.9 Å². The average Bonchev–Trinajstić information content (AvgIpc) is 2.67. The Morgan fingerprint density at radius 3 is 2.42 bits per heavy atom. The summed E-state index contributed by atoms with van der Waals surface area (Å²) >= 11 is 6.03. The molecule has 0 aliphatic heterocycles. The van der Waals surface area contributed by atoms with E-state index in [1.165, 1.54) is 19.1 Å². The second-order valence-corrected chi connectivity index (χ2v) is 7.33. The van der Waals surface area contributed by atoms with E-state index in [2.05, 4.69) is 17.2 Å². The summed E-state index contributed by atoms with van der Waals surface area (Å²) in [4.78, 5) is 34.6. The van der Waals surface area contributed by atoms with E-state index in [1.54, 1.807) is 20.0 Å². The molecule has 1 amide bonds. The molecule has 0 radical (unpaired) electrons. The van der Waals surface area contributed by atoms with Crippen LogP contribution in [0.2, 0.25) is 5.02 Å². The van der Waals surface area contributed by atoms with Gasteiger partial charge < -0.3 is 20.5 Å². The van der Waals surface area contributed by atoms with Gasteiger partial charge in [0.05, 0.1) is 11.8 Å². The number of hydrogen-bond donors (Lipinski definition) is 3. The third-order valence-electron chi connectivity index (χ3n) is 4.17. The summed E-state index contributed by atoms with van der Waals surface area (Å²) in [6.07, 6.45) is 1.76. The fourth-order valence-electron chi connectivity index (χ4n) is 2.59. The number of carboxylic acid groups (broad SMARTS) is 1. The van der Waals surface area contributed by atoms with Gasteiger partial charge in [-0.3, -0.25) is 14.4 Å². The van der Waals surface area contributed by atoms with Gasteiger partial charge in [0.1, 0.15) is 6.61 Å². The zero-order chi connectivity index (χ0) is 24.2. The van der Waals surface area contributed by atoms with Gasteiger partial charge in [0, 0.05) is 23.7 Å². The zero-order valence-electron chi connectivity index (χ0n) is 18.0. The van der Waals surface area contributed by atoms with Crippen molar-refractivity contribution >= 4 is 35.6 Å². The van der Waals surface area contributed by atoms with Crippen LogP contribution in [0, 0.1) is 12.8 Å². The number of carbonyl (C=O) groups is 3. The number of hydrogen-bond acceptors (Lipinski definition) is 5. The number of carbonyl (C=O) groups excluding carboxylic acids is 2. The summed E-state index contributed by atoms with van der Waals surface area (Å²) < 4.78 is 28.8. The molecule has 0 saturated heterocycles. The van der Waals surface area contributed by atoms with Crippen molar-refractivity contribution in [2.24, 2.45) is 5.92 Å². The molecule has 3 N–H and O–H groups in total. The highest BCUT2D eigenvalue weighted by Gasteiger charge is 2.35. The van der Waals surface area contributed by atoms with Crippen molar-refractivity contribution in [3.05, 3.63) is 40.9 Å². The summed E-state index contributed by atoms with van der Waals surface area (Å²) in [5.41, 5.74) is 1.25. The number of carboxylic acids is 1. The smallest absolute Gasteiger partial charge is 0.314 e. The van der Waals surface area contributed by atoms with Crippen LogP contribution in [-0.4, -0.2) is 49.6 Å². The van der Waals surface area contributed by atoms with Crippen LogP contribution < -0.4 is 10.6 Å². The largest absolute Gasteiger partial charge is 0.481 e. The summed E-state index contributed by atoms with van der Waals surface area (Å²) in [6, 6.07) is 3.06. The van der Waals surface area contributed by atoms with Crippen LogP contribution in [0.15, 0.2) is 24.8 Å². The molecule has 0 aliphatic rings. The molecule has 2 unspecified atom stereocenters. The number of amides is 1. The highest BCUT2D eigenvalue weighted by molar-refractivity contribution is 6.31. The van der Waals surface area contributed by atoms with E-state index in [9.17, 15) is 28.3 Å². The van der Waals surface area contributed by atoms with Crippen molar-refractivity contribution in [3.8, 4) is 0 Å². The Hall–Kier alpha value is -2.52. The molecule has 1 aromatic carbocycles. The summed E-state index contributed by atoms with van der Waals surface area (Å²) in [5.74, 6) is -6.59. The molecule has 174 valence electrons. The molecule has 10 heteroatoms. The number of rotatable bonds is 11. The lowest BCUT2D eigenvalue weighted by atomic mass is 9.85. The van der Waals surface area contributed by atoms with Gasteiger partial charge in [-0.2, -0.15) is 0 Å². The van der Waals surface area contributed by atoms with E-state index in [0.29, 0.717) is 34.8 Å². The van der Waals surface area contributed by atoms with Gasteiger partial charge in [0.15, 0.2) is 0 Å². The summed E-state index contributed by atoms with van der Waals surface area (Å²) in [5, 5.41) is 14.8. The van der Waals surface area contributed by atoms with E-state index in [4.69, 9.17) is 16.3 Å². The number of halogens is 3. The Balaban J connectivity index is 0.000000954. The number of aliphatic carboxylic acids is 1. The third-order valence-corrected chi connectivity index (χ3v) is 4.39. The molecule has 2 atom stereocenters. The third kappa shape index (κ3) is 10.4. The van der Waals surface area contributed by atoms with E-state index >= 15 is 0 Å². The van der Waals surface area contributed by atoms with Gasteiger partial charge in [0.2, 0.25) is 12.3 Å². The molecule has 0 aliphatic carbocycles. The highest BCUT2D eigenvalue weighted by Crippen LogP contribution is 2.36. The molecular weight excluding hydrogens is 434 g/mol. The lowest BCUT2D eigenvalue weighted by molar-refractivity contribution is -0.152. The molecule has 0 aromatic heterocycles. The lowest BCUT2D eigenvalue weighted by Gasteiger charge is -2.23. The summed E-state index contributed by atoms with van der Waals surface area (Å²) in [6.45, 7) is 7.79. The Morgan fingerprint density at radius 2 is 2.00 bits per heavy atom. The molecular formula is C21H29ClF2N2O5. The lowest BCUT2D eigenvalue weighted by Crippen LogP contribution is -2.28. The first-order valence-electron chi connectivity index (χ1n) is 9.42. The molecule has 0 fully saturated rings. The molecule has 0 saturated carbocycles. The predicted molar refractivity (Wildman–Crippen MR) is 116 cm³/mol. The van der Waals surface area contributed by atoms with Crippen LogP contribution in [-0.2, 0) is 19.1 Å². The van der Waals surface area contributed by atoms with Gasteiger partial charge in [0.25, 0.3) is 0 Å². The van der Waals surface area contributed by atoms with Crippen molar-refractivity contribution in [3.63, 3.8) is 0 Å². The molecule has 1 aromatic rings. The van der Waals surface area contributed by atoms with E-state index < -0.39 is 29.7 Å². The molecule has 1 rings (SSSR count). The Morgan fingerprint density at radius 1 is 1.39 bits per heavy atom. The second-order valence-electron chi connectivity index (χ2n) is 6.90. The van der Waals surface area contributed by atoms with E-state index in [1.807, 2.05) is 0 Å². The first-order valence-corrected chi connectivity index (χ1v) is 9.80. The fraction of sp³-hybridized carbons (Fsp3) is 0.476. The molecule has 0 spiro atoms. The van der Waals surface area contributed by atoms with Gasteiger partial charge in [-0.25, -0.2) is 8.78 Å². The highest BCUT2D eigenvalue weighted by atomic mass is 35.5. The van der Waals surface area contributed by atoms with Crippen molar-refractivity contribution < 1.29 is 33.0 Å². The maximum absolute atomic E-state index is 12.3. The molecule has 31 heavy (non-hydrogen) atoms. The maximum Gasteiger partial charge on any atom is 0.314 e. The van der Waals surface area contributed by atoms with Crippen molar-refractivity contribution in [1.82, 2.24) is 5.32 Å². The van der Waals surface area contributed by atoms with Crippen LogP contribution in [0.1, 0.15) is 37.3 Å². The van der Waals surface area contributed by atoms with Crippen LogP contribution >= 0.6 is 11.6 Å². The first-order chi connectivity index (χ1) is 14.4. The Kier molecular flexibility index (Phi) is 12.6. The number of ether oxygens (including phenoxy) is 1. The van der Waals surface area contributed by atoms with Crippen molar-refractivity contribution in [2.75, 3.05) is 25.5 Å². The first kappa shape index (κ1) is 28.5. The molecule has 0 bridgehead atoms. The average molecular weight is 463 g/mol. The van der Waals surface area contributed by atoms with Gasteiger partial charge in [-0.15, -0.1) is 0 Å². The normalized spacial score (nSPS) is 12.6. The van der Waals surface area contributed by atoms with Crippen LogP contribution in [0.5, 0.6) is 0 Å². The monoisotopic (exact) mass is 462 g/mol. The number of benzene rings is 1. The number of esters is 1. The van der Waals surface area contributed by atoms with E-state index in [0.717, 1.165) is 6.92 Å². The minimum atomic E-state index is -2.51. The fourth-order valence-corrected chi connectivity index (χ4v) is 2.87. The minimum absolute atomic E-state index is 0.0440.